The predicted octanol–water partition coefficient (Wildman–Crippen LogP) is 12.0. The molecular weight excluding hydrogens is 623 g/mol. The van der Waals surface area contributed by atoms with Crippen molar-refractivity contribution in [2.75, 3.05) is 0 Å². The van der Waals surface area contributed by atoms with Gasteiger partial charge in [0.25, 0.3) is 0 Å². The molecule has 0 aliphatic rings. The number of alkyl halides is 2. The van der Waals surface area contributed by atoms with E-state index >= 15 is 0 Å². The average molecular weight is 653 g/mol. The molecule has 244 valence electrons. The van der Waals surface area contributed by atoms with Crippen molar-refractivity contribution in [1.29, 1.82) is 0 Å². The Morgan fingerprint density at radius 3 is 1.61 bits per heavy atom. The fourth-order valence-electron chi connectivity index (χ4n) is 4.86. The fourth-order valence-corrected chi connectivity index (χ4v) is 4.86. The molecule has 46 heavy (non-hydrogen) atoms. The van der Waals surface area contributed by atoms with Gasteiger partial charge in [0.2, 0.25) is 5.75 Å². The van der Waals surface area contributed by atoms with Crippen LogP contribution in [-0.2, 0) is 12.5 Å². The summed E-state index contributed by atoms with van der Waals surface area (Å²) in [5.74, 6) is -8.04. The van der Waals surface area contributed by atoms with Crippen LogP contribution in [0.2, 0.25) is 0 Å². The van der Waals surface area contributed by atoms with E-state index in [0.717, 1.165) is 61.2 Å². The molecule has 0 unspecified atom stereocenters. The monoisotopic (exact) mass is 652 g/mol. The molecule has 4 aromatic carbocycles. The van der Waals surface area contributed by atoms with E-state index in [0.29, 0.717) is 17.7 Å². The summed E-state index contributed by atoms with van der Waals surface area (Å²) in [7, 11) is 0. The van der Waals surface area contributed by atoms with Crippen molar-refractivity contribution in [3.63, 3.8) is 0 Å². The van der Waals surface area contributed by atoms with E-state index in [2.05, 4.69) is 16.4 Å². The minimum Gasteiger partial charge on any atom is -0.429 e. The van der Waals surface area contributed by atoms with Crippen LogP contribution < -0.4 is 9.47 Å². The van der Waals surface area contributed by atoms with E-state index in [1.165, 1.54) is 25.7 Å². The van der Waals surface area contributed by atoms with Gasteiger partial charge in [-0.05, 0) is 77.1 Å². The lowest BCUT2D eigenvalue weighted by Gasteiger charge is -2.20. The summed E-state index contributed by atoms with van der Waals surface area (Å²) < 4.78 is 134. The van der Waals surface area contributed by atoms with Crippen molar-refractivity contribution in [2.24, 2.45) is 0 Å². The second kappa shape index (κ2) is 15.2. The zero-order valence-electron chi connectivity index (χ0n) is 24.6. The van der Waals surface area contributed by atoms with Crippen molar-refractivity contribution in [3.8, 4) is 33.8 Å². The first-order chi connectivity index (χ1) is 21.9. The van der Waals surface area contributed by atoms with E-state index in [1.54, 1.807) is 12.1 Å². The second-order valence-corrected chi connectivity index (χ2v) is 10.6. The molecule has 0 saturated carbocycles. The first-order valence-corrected chi connectivity index (χ1v) is 14.5. The SMILES string of the molecule is CCCCCCCCc1ccc(-c2cc(F)c(C(F)(F)Oc3ccc(-c4cc(F)c(OC(F)=C(F)F)c(F)c4)cc3)c(F)c2)cc1. The Labute approximate surface area is 260 Å². The van der Waals surface area contributed by atoms with Crippen molar-refractivity contribution in [2.45, 2.75) is 58.0 Å². The molecule has 0 bridgehead atoms. The molecule has 0 aliphatic carbocycles. The molecule has 0 spiro atoms. The Bertz CT molecular complexity index is 1620. The molecule has 0 amide bonds. The number of unbranched alkanes of at least 4 members (excludes halogenated alkanes) is 5. The predicted molar refractivity (Wildman–Crippen MR) is 156 cm³/mol. The third kappa shape index (κ3) is 8.64. The maximum atomic E-state index is 15.0. The van der Waals surface area contributed by atoms with Gasteiger partial charge in [0, 0.05) is 0 Å². The van der Waals surface area contributed by atoms with Crippen molar-refractivity contribution in [3.05, 3.63) is 119 Å². The Morgan fingerprint density at radius 1 is 0.609 bits per heavy atom. The van der Waals surface area contributed by atoms with Crippen LogP contribution in [-0.4, -0.2) is 0 Å². The highest BCUT2D eigenvalue weighted by Gasteiger charge is 2.41. The van der Waals surface area contributed by atoms with Gasteiger partial charge in [0.1, 0.15) is 22.9 Å². The van der Waals surface area contributed by atoms with Gasteiger partial charge < -0.3 is 9.47 Å². The van der Waals surface area contributed by atoms with Crippen LogP contribution in [0.5, 0.6) is 11.5 Å². The van der Waals surface area contributed by atoms with E-state index in [9.17, 15) is 39.5 Å². The van der Waals surface area contributed by atoms with Crippen LogP contribution in [0.4, 0.5) is 39.5 Å². The highest BCUT2D eigenvalue weighted by molar-refractivity contribution is 5.66. The van der Waals surface area contributed by atoms with Crippen molar-refractivity contribution in [1.82, 2.24) is 0 Å². The quantitative estimate of drug-likeness (QED) is 0.0767. The Balaban J connectivity index is 1.45. The summed E-state index contributed by atoms with van der Waals surface area (Å²) in [6.07, 6.45) is 0.374. The average Bonchev–Trinajstić information content (AvgIpc) is 3.00. The van der Waals surface area contributed by atoms with Crippen molar-refractivity contribution >= 4 is 0 Å². The third-order valence-electron chi connectivity index (χ3n) is 7.21. The molecule has 4 rings (SSSR count). The smallest absolute Gasteiger partial charge is 0.429 e. The van der Waals surface area contributed by atoms with Gasteiger partial charge in [-0.25, -0.2) is 17.6 Å². The Hall–Kier alpha value is -4.41. The lowest BCUT2D eigenvalue weighted by molar-refractivity contribution is -0.189. The third-order valence-corrected chi connectivity index (χ3v) is 7.21. The fraction of sp³-hybridized carbons (Fsp3) is 0.257. The lowest BCUT2D eigenvalue weighted by Crippen LogP contribution is -2.25. The van der Waals surface area contributed by atoms with Crippen LogP contribution in [0.1, 0.15) is 56.6 Å². The molecule has 0 N–H and O–H groups in total. The molecule has 0 aliphatic heterocycles. The van der Waals surface area contributed by atoms with E-state index in [1.807, 2.05) is 12.1 Å². The van der Waals surface area contributed by atoms with Crippen LogP contribution in [0, 0.1) is 23.3 Å². The van der Waals surface area contributed by atoms with Gasteiger partial charge in [0.15, 0.2) is 11.6 Å². The van der Waals surface area contributed by atoms with Gasteiger partial charge in [0.05, 0.1) is 0 Å². The Kier molecular flexibility index (Phi) is 11.4. The number of aryl methyl sites for hydroxylation is 1. The molecule has 4 aromatic rings. The first-order valence-electron chi connectivity index (χ1n) is 14.5. The standard InChI is InChI=1S/C35H29F9O2/c1-2-3-4-5-6-7-8-21-9-11-22(12-10-21)24-17-27(36)31(28(37)18-24)35(43,44)46-26-15-13-23(14-16-26)25-19-29(38)32(30(39)20-25)45-34(42)33(40)41/h9-20H,2-8H2,1H3. The largest absolute Gasteiger partial charge is 0.432 e. The van der Waals surface area contributed by atoms with Crippen LogP contribution in [0.3, 0.4) is 0 Å². The van der Waals surface area contributed by atoms with E-state index in [-0.39, 0.29) is 16.7 Å². The zero-order valence-corrected chi connectivity index (χ0v) is 24.6. The van der Waals surface area contributed by atoms with Gasteiger partial charge in [-0.1, -0.05) is 75.4 Å². The number of rotatable bonds is 14. The topological polar surface area (TPSA) is 18.5 Å². The molecule has 0 saturated heterocycles. The first kappa shape index (κ1) is 34.5. The number of hydrogen-bond donors (Lipinski definition) is 0. The summed E-state index contributed by atoms with van der Waals surface area (Å²) in [5.41, 5.74) is -0.178. The van der Waals surface area contributed by atoms with Gasteiger partial charge in [-0.15, -0.1) is 0 Å². The number of ether oxygens (including phenoxy) is 2. The lowest BCUT2D eigenvalue weighted by atomic mass is 9.99. The van der Waals surface area contributed by atoms with Crippen molar-refractivity contribution < 1.29 is 49.0 Å². The van der Waals surface area contributed by atoms with Gasteiger partial charge >= 0.3 is 18.2 Å². The maximum absolute atomic E-state index is 15.0. The summed E-state index contributed by atoms with van der Waals surface area (Å²) in [6, 6.07) is 11.5. The number of halogens is 9. The molecule has 0 fully saturated rings. The summed E-state index contributed by atoms with van der Waals surface area (Å²) in [4.78, 5) is 0. The van der Waals surface area contributed by atoms with Crippen LogP contribution in [0.25, 0.3) is 22.3 Å². The number of benzene rings is 4. The molecule has 2 nitrogen and oxygen atoms in total. The summed E-state index contributed by atoms with van der Waals surface area (Å²) >= 11 is 0. The maximum Gasteiger partial charge on any atom is 0.432 e. The summed E-state index contributed by atoms with van der Waals surface area (Å²) in [6.45, 7) is 2.15. The zero-order chi connectivity index (χ0) is 33.4. The van der Waals surface area contributed by atoms with Crippen LogP contribution in [0.15, 0.2) is 84.9 Å². The number of hydrogen-bond acceptors (Lipinski definition) is 2. The second-order valence-electron chi connectivity index (χ2n) is 10.6. The van der Waals surface area contributed by atoms with Gasteiger partial charge in [-0.2, -0.15) is 22.0 Å². The highest BCUT2D eigenvalue weighted by Crippen LogP contribution is 2.38. The minimum absolute atomic E-state index is 0.0485. The summed E-state index contributed by atoms with van der Waals surface area (Å²) in [5, 5.41) is 0. The normalized spacial score (nSPS) is 11.4. The molecule has 0 atom stereocenters. The molecule has 0 aromatic heterocycles. The molecule has 11 heteroatoms. The Morgan fingerprint density at radius 2 is 1.09 bits per heavy atom. The van der Waals surface area contributed by atoms with E-state index in [4.69, 9.17) is 0 Å². The minimum atomic E-state index is -4.45. The molecule has 0 heterocycles. The molecular formula is C35H29F9O2. The molecule has 0 radical (unpaired) electrons. The van der Waals surface area contributed by atoms with E-state index < -0.39 is 58.5 Å². The van der Waals surface area contributed by atoms with Crippen LogP contribution >= 0.6 is 0 Å². The van der Waals surface area contributed by atoms with Gasteiger partial charge in [-0.3, -0.25) is 0 Å². The highest BCUT2D eigenvalue weighted by atomic mass is 19.3.